The van der Waals surface area contributed by atoms with Gasteiger partial charge < -0.3 is 19.5 Å². The molecule has 1 amide bonds. The van der Waals surface area contributed by atoms with Gasteiger partial charge in [-0.15, -0.1) is 0 Å². The molecule has 0 fully saturated rings. The van der Waals surface area contributed by atoms with E-state index in [2.05, 4.69) is 5.32 Å². The van der Waals surface area contributed by atoms with E-state index in [1.165, 1.54) is 0 Å². The van der Waals surface area contributed by atoms with E-state index in [4.69, 9.17) is 14.2 Å². The van der Waals surface area contributed by atoms with Crippen LogP contribution in [0.3, 0.4) is 0 Å². The zero-order valence-electron chi connectivity index (χ0n) is 14.5. The Labute approximate surface area is 152 Å². The van der Waals surface area contributed by atoms with Crippen molar-refractivity contribution in [2.75, 3.05) is 13.2 Å². The number of nitrogens with one attached hydrogen (secondary N) is 1. The van der Waals surface area contributed by atoms with Crippen LogP contribution in [0.1, 0.15) is 24.9 Å². The van der Waals surface area contributed by atoms with Gasteiger partial charge >= 0.3 is 5.97 Å². The third kappa shape index (κ3) is 4.53. The minimum atomic E-state index is -0.906. The SMILES string of the molecule is C[C@@H](OC(=O)COc1ccccc1)C(=O)N[C@@H]1CCOc2ccccc21. The number of carbonyl (C=O) groups excluding carboxylic acids is 2. The maximum absolute atomic E-state index is 12.4. The molecule has 0 spiro atoms. The molecular weight excluding hydrogens is 334 g/mol. The summed E-state index contributed by atoms with van der Waals surface area (Å²) in [6.07, 6.45) is -0.238. The summed E-state index contributed by atoms with van der Waals surface area (Å²) in [5.74, 6) is 0.397. The van der Waals surface area contributed by atoms with Crippen LogP contribution >= 0.6 is 0 Å². The number of esters is 1. The first-order chi connectivity index (χ1) is 12.6. The molecule has 0 radical (unpaired) electrons. The summed E-state index contributed by atoms with van der Waals surface area (Å²) in [7, 11) is 0. The number of benzene rings is 2. The molecule has 2 aromatic rings. The van der Waals surface area contributed by atoms with Crippen molar-refractivity contribution in [3.8, 4) is 11.5 Å². The molecule has 0 bridgehead atoms. The van der Waals surface area contributed by atoms with Crippen molar-refractivity contribution in [2.45, 2.75) is 25.5 Å². The molecule has 26 heavy (non-hydrogen) atoms. The highest BCUT2D eigenvalue weighted by molar-refractivity contribution is 5.84. The lowest BCUT2D eigenvalue weighted by Crippen LogP contribution is -2.40. The number of hydrogen-bond acceptors (Lipinski definition) is 5. The second-order valence-corrected chi connectivity index (χ2v) is 5.97. The van der Waals surface area contributed by atoms with E-state index in [0.717, 1.165) is 11.3 Å². The molecule has 6 nitrogen and oxygen atoms in total. The van der Waals surface area contributed by atoms with Crippen molar-refractivity contribution in [3.05, 3.63) is 60.2 Å². The smallest absolute Gasteiger partial charge is 0.344 e. The quantitative estimate of drug-likeness (QED) is 0.807. The molecule has 1 aliphatic rings. The van der Waals surface area contributed by atoms with E-state index >= 15 is 0 Å². The maximum Gasteiger partial charge on any atom is 0.344 e. The van der Waals surface area contributed by atoms with E-state index < -0.39 is 12.1 Å². The third-order valence-corrected chi connectivity index (χ3v) is 4.05. The lowest BCUT2D eigenvalue weighted by molar-refractivity contribution is -0.156. The lowest BCUT2D eigenvalue weighted by Gasteiger charge is -2.27. The number of fused-ring (bicyclic) bond motifs is 1. The summed E-state index contributed by atoms with van der Waals surface area (Å²) in [6.45, 7) is 1.82. The summed E-state index contributed by atoms with van der Waals surface area (Å²) >= 11 is 0. The zero-order chi connectivity index (χ0) is 18.4. The normalized spacial score (nSPS) is 16.6. The van der Waals surface area contributed by atoms with E-state index in [9.17, 15) is 9.59 Å². The number of carbonyl (C=O) groups is 2. The minimum absolute atomic E-state index is 0.158. The number of hydrogen-bond donors (Lipinski definition) is 1. The van der Waals surface area contributed by atoms with Crippen molar-refractivity contribution in [1.82, 2.24) is 5.32 Å². The Morgan fingerprint density at radius 2 is 1.88 bits per heavy atom. The standard InChI is InChI=1S/C20H21NO5/c1-14(26-19(22)13-25-15-7-3-2-4-8-15)20(23)21-17-11-12-24-18-10-6-5-9-16(17)18/h2-10,14,17H,11-13H2,1H3,(H,21,23)/t14-,17-/m1/s1. The van der Waals surface area contributed by atoms with Gasteiger partial charge in [0.1, 0.15) is 11.5 Å². The summed E-state index contributed by atoms with van der Waals surface area (Å²) in [4.78, 5) is 24.2. The highest BCUT2D eigenvalue weighted by Crippen LogP contribution is 2.31. The predicted molar refractivity (Wildman–Crippen MR) is 94.9 cm³/mol. The molecule has 1 heterocycles. The van der Waals surface area contributed by atoms with Gasteiger partial charge in [-0.1, -0.05) is 36.4 Å². The van der Waals surface area contributed by atoms with Gasteiger partial charge in [-0.3, -0.25) is 4.79 Å². The fourth-order valence-corrected chi connectivity index (χ4v) is 2.72. The van der Waals surface area contributed by atoms with Gasteiger partial charge in [-0.2, -0.15) is 0 Å². The molecule has 0 saturated heterocycles. The van der Waals surface area contributed by atoms with Crippen LogP contribution < -0.4 is 14.8 Å². The average molecular weight is 355 g/mol. The maximum atomic E-state index is 12.4. The van der Waals surface area contributed by atoms with Crippen LogP contribution in [0.2, 0.25) is 0 Å². The van der Waals surface area contributed by atoms with Crippen molar-refractivity contribution in [2.24, 2.45) is 0 Å². The first-order valence-corrected chi connectivity index (χ1v) is 8.53. The molecule has 1 N–H and O–H groups in total. The summed E-state index contributed by atoms with van der Waals surface area (Å²) in [6, 6.07) is 16.4. The average Bonchev–Trinajstić information content (AvgIpc) is 2.67. The Hall–Kier alpha value is -3.02. The minimum Gasteiger partial charge on any atom is -0.493 e. The van der Waals surface area contributed by atoms with Crippen molar-refractivity contribution >= 4 is 11.9 Å². The van der Waals surface area contributed by atoms with Crippen molar-refractivity contribution in [1.29, 1.82) is 0 Å². The molecule has 1 aliphatic heterocycles. The van der Waals surface area contributed by atoms with Crippen LogP contribution in [-0.2, 0) is 14.3 Å². The molecule has 2 atom stereocenters. The van der Waals surface area contributed by atoms with Gasteiger partial charge in [-0.25, -0.2) is 4.79 Å². The molecule has 6 heteroatoms. The third-order valence-electron chi connectivity index (χ3n) is 4.05. The zero-order valence-corrected chi connectivity index (χ0v) is 14.5. The summed E-state index contributed by atoms with van der Waals surface area (Å²) in [5, 5.41) is 2.92. The van der Waals surface area contributed by atoms with Crippen LogP contribution in [0, 0.1) is 0 Å². The Morgan fingerprint density at radius 3 is 2.69 bits per heavy atom. The fraction of sp³-hybridized carbons (Fsp3) is 0.300. The van der Waals surface area contributed by atoms with E-state index in [-0.39, 0.29) is 18.6 Å². The van der Waals surface area contributed by atoms with E-state index in [0.29, 0.717) is 18.8 Å². The number of ether oxygens (including phenoxy) is 3. The Morgan fingerprint density at radius 1 is 1.15 bits per heavy atom. The molecule has 0 aromatic heterocycles. The fourth-order valence-electron chi connectivity index (χ4n) is 2.72. The van der Waals surface area contributed by atoms with Crippen LogP contribution in [-0.4, -0.2) is 31.2 Å². The van der Waals surface area contributed by atoms with E-state index in [1.807, 2.05) is 42.5 Å². The molecule has 3 rings (SSSR count). The largest absolute Gasteiger partial charge is 0.493 e. The summed E-state index contributed by atoms with van der Waals surface area (Å²) < 4.78 is 16.1. The molecule has 0 unspecified atom stereocenters. The van der Waals surface area contributed by atoms with Crippen LogP contribution in [0.5, 0.6) is 11.5 Å². The second kappa shape index (κ2) is 8.38. The van der Waals surface area contributed by atoms with Crippen LogP contribution in [0.4, 0.5) is 0 Å². The Bertz CT molecular complexity index is 762. The highest BCUT2D eigenvalue weighted by atomic mass is 16.6. The Balaban J connectivity index is 1.50. The van der Waals surface area contributed by atoms with Crippen LogP contribution in [0.25, 0.3) is 0 Å². The van der Waals surface area contributed by atoms with Gasteiger partial charge in [0.15, 0.2) is 12.7 Å². The van der Waals surface area contributed by atoms with E-state index in [1.54, 1.807) is 19.1 Å². The van der Waals surface area contributed by atoms with Crippen LogP contribution in [0.15, 0.2) is 54.6 Å². The first-order valence-electron chi connectivity index (χ1n) is 8.53. The molecule has 0 aliphatic carbocycles. The van der Waals surface area contributed by atoms with Gasteiger partial charge in [0.05, 0.1) is 12.6 Å². The van der Waals surface area contributed by atoms with Crippen molar-refractivity contribution in [3.63, 3.8) is 0 Å². The summed E-state index contributed by atoms with van der Waals surface area (Å²) in [5.41, 5.74) is 0.929. The number of para-hydroxylation sites is 2. The van der Waals surface area contributed by atoms with Gasteiger partial charge in [0.2, 0.25) is 0 Å². The first kappa shape index (κ1) is 17.8. The molecule has 0 saturated carbocycles. The molecule has 136 valence electrons. The monoisotopic (exact) mass is 355 g/mol. The van der Waals surface area contributed by atoms with Gasteiger partial charge in [0.25, 0.3) is 5.91 Å². The van der Waals surface area contributed by atoms with Crippen molar-refractivity contribution < 1.29 is 23.8 Å². The topological polar surface area (TPSA) is 73.9 Å². The van der Waals surface area contributed by atoms with Gasteiger partial charge in [0, 0.05) is 12.0 Å². The molecule has 2 aromatic carbocycles. The van der Waals surface area contributed by atoms with Gasteiger partial charge in [-0.05, 0) is 25.1 Å². The predicted octanol–water partition coefficient (Wildman–Crippen LogP) is 2.64. The lowest BCUT2D eigenvalue weighted by atomic mass is 10.0. The Kier molecular flexibility index (Phi) is 5.73. The highest BCUT2D eigenvalue weighted by Gasteiger charge is 2.26. The number of rotatable bonds is 6. The second-order valence-electron chi connectivity index (χ2n) is 5.97. The molecular formula is C20H21NO5. The number of amides is 1.